The Bertz CT molecular complexity index is 1440. The minimum Gasteiger partial charge on any atom is -0.508 e. The average molecular weight is 644 g/mol. The summed E-state index contributed by atoms with van der Waals surface area (Å²) in [6.07, 6.45) is 5.60. The highest BCUT2D eigenvalue weighted by molar-refractivity contribution is 14.1. The van der Waals surface area contributed by atoms with E-state index in [4.69, 9.17) is 20.4 Å². The fourth-order valence-electron chi connectivity index (χ4n) is 4.78. The molecule has 0 saturated carbocycles. The second kappa shape index (κ2) is 13.9. The number of fused-ring (bicyclic) bond motifs is 3. The van der Waals surface area contributed by atoms with E-state index >= 15 is 0 Å². The fourth-order valence-corrected chi connectivity index (χ4v) is 5.05. The number of aryl methyl sites for hydroxylation is 3. The van der Waals surface area contributed by atoms with E-state index in [0.29, 0.717) is 42.3 Å². The summed E-state index contributed by atoms with van der Waals surface area (Å²) in [7, 11) is 0. The molecule has 2 heterocycles. The number of aromatic hydroxyl groups is 1. The molecule has 0 saturated heterocycles. The number of phenolic OH excluding ortho intramolecular Hbond substituents is 1. The molecule has 0 fully saturated rings. The van der Waals surface area contributed by atoms with Crippen molar-refractivity contribution in [2.45, 2.75) is 58.9 Å². The van der Waals surface area contributed by atoms with E-state index in [-0.39, 0.29) is 5.91 Å². The third kappa shape index (κ3) is 7.39. The Kier molecular flexibility index (Phi) is 10.4. The summed E-state index contributed by atoms with van der Waals surface area (Å²) in [6, 6.07) is 12.2. The van der Waals surface area contributed by atoms with Gasteiger partial charge in [-0.15, -0.1) is 0 Å². The molecule has 208 valence electrons. The molecule has 2 aromatic carbocycles. The minimum atomic E-state index is 0.0640. The van der Waals surface area contributed by atoms with E-state index in [0.717, 1.165) is 77.4 Å². The largest absolute Gasteiger partial charge is 0.508 e. The van der Waals surface area contributed by atoms with E-state index < -0.39 is 0 Å². The number of pyridine rings is 1. The number of benzene rings is 2. The lowest BCUT2D eigenvalue weighted by Crippen LogP contribution is -2.25. The van der Waals surface area contributed by atoms with Crippen LogP contribution in [0.5, 0.6) is 5.75 Å². The Morgan fingerprint density at radius 2 is 1.87 bits per heavy atom. The van der Waals surface area contributed by atoms with Gasteiger partial charge in [0.05, 0.1) is 15.5 Å². The number of phenols is 1. The smallest absolute Gasteiger partial charge is 0.229 e. The Hall–Kier alpha value is -2.92. The van der Waals surface area contributed by atoms with Crippen LogP contribution in [0, 0.1) is 6.92 Å². The highest BCUT2D eigenvalue weighted by Crippen LogP contribution is 2.31. The maximum atomic E-state index is 11.3. The average Bonchev–Trinajstić information content (AvgIpc) is 3.29. The highest BCUT2D eigenvalue weighted by Gasteiger charge is 2.18. The van der Waals surface area contributed by atoms with Crippen molar-refractivity contribution in [3.63, 3.8) is 0 Å². The van der Waals surface area contributed by atoms with Crippen molar-refractivity contribution in [2.75, 3.05) is 29.9 Å². The third-order valence-corrected chi connectivity index (χ3v) is 7.56. The van der Waals surface area contributed by atoms with Crippen LogP contribution in [0.1, 0.15) is 55.1 Å². The zero-order chi connectivity index (χ0) is 27.8. The summed E-state index contributed by atoms with van der Waals surface area (Å²) in [6.45, 7) is 6.71. The molecule has 8 nitrogen and oxygen atoms in total. The van der Waals surface area contributed by atoms with Gasteiger partial charge < -0.3 is 25.5 Å². The van der Waals surface area contributed by atoms with Crippen molar-refractivity contribution in [3.05, 3.63) is 58.9 Å². The number of nitrogen functional groups attached to an aromatic ring is 1. The van der Waals surface area contributed by atoms with Crippen LogP contribution in [-0.2, 0) is 28.9 Å². The van der Waals surface area contributed by atoms with Crippen LogP contribution >= 0.6 is 22.6 Å². The molecule has 4 aromatic rings. The van der Waals surface area contributed by atoms with E-state index in [9.17, 15) is 9.90 Å². The zero-order valence-corrected chi connectivity index (χ0v) is 25.0. The van der Waals surface area contributed by atoms with Gasteiger partial charge >= 0.3 is 0 Å². The number of imidazole rings is 1. The van der Waals surface area contributed by atoms with Gasteiger partial charge in [-0.25, -0.2) is 9.97 Å². The lowest BCUT2D eigenvalue weighted by atomic mass is 10.1. The first-order chi connectivity index (χ1) is 18.9. The standard InChI is InChI=1S/C30H38IN5O3/c1-3-4-8-26-35-28-29(36(26)19-22-10-12-25(37)20(2)16-22)23-11-9-21(17-24(23)34-30(28)32)7-5-14-39-15-6-13-33-27(38)18-31/h9-12,16-17,37H,3-8,13-15,18-19H2,1-2H3,(H2,32,34)(H,33,38). The van der Waals surface area contributed by atoms with Crippen LogP contribution in [0.25, 0.3) is 21.9 Å². The maximum absolute atomic E-state index is 11.3. The van der Waals surface area contributed by atoms with E-state index in [1.54, 1.807) is 6.07 Å². The number of hydrogen-bond acceptors (Lipinski definition) is 6. The molecular formula is C30H38IN5O3. The number of ether oxygens (including phenoxy) is 1. The molecular weight excluding hydrogens is 605 g/mol. The van der Waals surface area contributed by atoms with Crippen molar-refractivity contribution in [2.24, 2.45) is 0 Å². The number of aromatic nitrogens is 3. The molecule has 4 N–H and O–H groups in total. The van der Waals surface area contributed by atoms with Crippen LogP contribution < -0.4 is 11.1 Å². The van der Waals surface area contributed by atoms with Crippen molar-refractivity contribution < 1.29 is 14.6 Å². The van der Waals surface area contributed by atoms with Crippen molar-refractivity contribution >= 4 is 56.3 Å². The summed E-state index contributed by atoms with van der Waals surface area (Å²) in [5.41, 5.74) is 12.2. The van der Waals surface area contributed by atoms with Crippen molar-refractivity contribution in [1.29, 1.82) is 0 Å². The van der Waals surface area contributed by atoms with Gasteiger partial charge in [0.2, 0.25) is 5.91 Å². The molecule has 1 amide bonds. The number of nitrogens with one attached hydrogen (secondary N) is 1. The van der Waals surface area contributed by atoms with Gasteiger partial charge in [-0.05, 0) is 61.4 Å². The lowest BCUT2D eigenvalue weighted by Gasteiger charge is -2.13. The van der Waals surface area contributed by atoms with Crippen LogP contribution in [-0.4, -0.2) is 49.7 Å². The molecule has 39 heavy (non-hydrogen) atoms. The Balaban J connectivity index is 1.52. The van der Waals surface area contributed by atoms with Gasteiger partial charge in [-0.2, -0.15) is 0 Å². The first-order valence-electron chi connectivity index (χ1n) is 13.7. The number of rotatable bonds is 14. The number of hydrogen-bond donors (Lipinski definition) is 3. The maximum Gasteiger partial charge on any atom is 0.229 e. The Morgan fingerprint density at radius 3 is 2.64 bits per heavy atom. The predicted molar refractivity (Wildman–Crippen MR) is 166 cm³/mol. The van der Waals surface area contributed by atoms with E-state index in [2.05, 4.69) is 57.6 Å². The Labute approximate surface area is 243 Å². The first-order valence-corrected chi connectivity index (χ1v) is 15.2. The van der Waals surface area contributed by atoms with Crippen LogP contribution in [0.2, 0.25) is 0 Å². The summed E-state index contributed by atoms with van der Waals surface area (Å²) < 4.78 is 8.50. The number of carbonyl (C=O) groups is 1. The summed E-state index contributed by atoms with van der Waals surface area (Å²) >= 11 is 2.06. The summed E-state index contributed by atoms with van der Waals surface area (Å²) in [5, 5.41) is 13.9. The second-order valence-electron chi connectivity index (χ2n) is 9.94. The molecule has 0 bridgehead atoms. The van der Waals surface area contributed by atoms with Gasteiger partial charge in [-0.1, -0.05) is 60.2 Å². The number of nitrogens with two attached hydrogens (primary N) is 1. The number of halogens is 1. The van der Waals surface area contributed by atoms with Crippen molar-refractivity contribution in [3.8, 4) is 5.75 Å². The first kappa shape index (κ1) is 29.1. The van der Waals surface area contributed by atoms with Gasteiger partial charge in [0.25, 0.3) is 0 Å². The van der Waals surface area contributed by atoms with Gasteiger partial charge in [-0.3, -0.25) is 4.79 Å². The minimum absolute atomic E-state index is 0.0640. The van der Waals surface area contributed by atoms with Crippen LogP contribution in [0.4, 0.5) is 5.82 Å². The molecule has 0 atom stereocenters. The molecule has 0 aliphatic heterocycles. The fraction of sp³-hybridized carbons (Fsp3) is 0.433. The molecule has 0 aliphatic carbocycles. The molecule has 0 unspecified atom stereocenters. The lowest BCUT2D eigenvalue weighted by molar-refractivity contribution is -0.118. The van der Waals surface area contributed by atoms with E-state index in [1.807, 2.05) is 19.1 Å². The Morgan fingerprint density at radius 1 is 1.08 bits per heavy atom. The number of carbonyl (C=O) groups excluding carboxylic acids is 1. The van der Waals surface area contributed by atoms with Gasteiger partial charge in [0.1, 0.15) is 17.1 Å². The topological polar surface area (TPSA) is 115 Å². The quantitative estimate of drug-likeness (QED) is 0.0956. The molecule has 2 aromatic heterocycles. The number of unbranched alkanes of at least 4 members (excludes halogenated alkanes) is 1. The predicted octanol–water partition coefficient (Wildman–Crippen LogP) is 5.46. The van der Waals surface area contributed by atoms with E-state index in [1.165, 1.54) is 5.56 Å². The third-order valence-electron chi connectivity index (χ3n) is 6.87. The van der Waals surface area contributed by atoms with Crippen LogP contribution in [0.3, 0.4) is 0 Å². The SMILES string of the molecule is CCCCc1nc2c(N)nc3cc(CCCOCCCNC(=O)CI)ccc3c2n1Cc1ccc(O)c(C)c1. The van der Waals surface area contributed by atoms with Gasteiger partial charge in [0.15, 0.2) is 5.82 Å². The number of anilines is 1. The molecule has 0 aliphatic rings. The molecule has 9 heteroatoms. The summed E-state index contributed by atoms with van der Waals surface area (Å²) in [5.74, 6) is 1.83. The summed E-state index contributed by atoms with van der Waals surface area (Å²) in [4.78, 5) is 21.0. The molecule has 0 radical (unpaired) electrons. The second-order valence-corrected chi connectivity index (χ2v) is 10.7. The monoisotopic (exact) mass is 643 g/mol. The number of amides is 1. The normalized spacial score (nSPS) is 11.5. The van der Waals surface area contributed by atoms with Gasteiger partial charge in [0, 0.05) is 38.1 Å². The molecule has 0 spiro atoms. The molecule has 4 rings (SSSR count). The zero-order valence-electron chi connectivity index (χ0n) is 22.8. The highest BCUT2D eigenvalue weighted by atomic mass is 127. The number of nitrogens with zero attached hydrogens (tertiary/aromatic N) is 3. The van der Waals surface area contributed by atoms with Crippen LogP contribution in [0.15, 0.2) is 36.4 Å². The number of alkyl halides is 1. The van der Waals surface area contributed by atoms with Crippen molar-refractivity contribution in [1.82, 2.24) is 19.9 Å².